The molecule has 3 rings (SSSR count). The van der Waals surface area contributed by atoms with Gasteiger partial charge >= 0.3 is 0 Å². The van der Waals surface area contributed by atoms with Crippen LogP contribution in [-0.2, 0) is 13.0 Å². The third kappa shape index (κ3) is 2.29. The van der Waals surface area contributed by atoms with E-state index >= 15 is 0 Å². The number of methoxy groups -OCH3 is 2. The molecule has 0 unspecified atom stereocenters. The molecule has 1 aliphatic rings. The van der Waals surface area contributed by atoms with Gasteiger partial charge in [-0.25, -0.2) is 4.98 Å². The highest BCUT2D eigenvalue weighted by Gasteiger charge is 2.20. The number of anilines is 1. The van der Waals surface area contributed by atoms with Gasteiger partial charge in [-0.3, -0.25) is 0 Å². The molecule has 1 aromatic carbocycles. The lowest BCUT2D eigenvalue weighted by atomic mass is 9.99. The van der Waals surface area contributed by atoms with Gasteiger partial charge < -0.3 is 14.4 Å². The van der Waals surface area contributed by atoms with Crippen molar-refractivity contribution in [3.8, 4) is 11.5 Å². The lowest BCUT2D eigenvalue weighted by Gasteiger charge is -2.30. The summed E-state index contributed by atoms with van der Waals surface area (Å²) in [5.41, 5.74) is 2.61. The van der Waals surface area contributed by atoms with Crippen LogP contribution < -0.4 is 14.4 Å². The zero-order valence-corrected chi connectivity index (χ0v) is 11.8. The predicted octanol–water partition coefficient (Wildman–Crippen LogP) is 2.66. The molecule has 1 aromatic heterocycles. The summed E-state index contributed by atoms with van der Waals surface area (Å²) < 4.78 is 10.7. The summed E-state index contributed by atoms with van der Waals surface area (Å²) in [5, 5.41) is 0. The number of hydrogen-bond acceptors (Lipinski definition) is 4. The molecule has 4 heteroatoms. The van der Waals surface area contributed by atoms with Gasteiger partial charge in [0.25, 0.3) is 0 Å². The summed E-state index contributed by atoms with van der Waals surface area (Å²) in [6.07, 6.45) is 2.83. The molecule has 1 aliphatic heterocycles. The van der Waals surface area contributed by atoms with Crippen LogP contribution in [0.4, 0.5) is 5.82 Å². The zero-order chi connectivity index (χ0) is 13.9. The molecule has 0 N–H and O–H groups in total. The van der Waals surface area contributed by atoms with Gasteiger partial charge in [0.2, 0.25) is 0 Å². The van der Waals surface area contributed by atoms with Crippen LogP contribution in [0.2, 0.25) is 0 Å². The molecule has 0 fully saturated rings. The summed E-state index contributed by atoms with van der Waals surface area (Å²) in [5.74, 6) is 2.61. The van der Waals surface area contributed by atoms with Crippen LogP contribution in [0.5, 0.6) is 11.5 Å². The first kappa shape index (κ1) is 12.8. The normalized spacial score (nSPS) is 13.8. The second kappa shape index (κ2) is 5.41. The van der Waals surface area contributed by atoms with Gasteiger partial charge in [-0.2, -0.15) is 0 Å². The number of rotatable bonds is 3. The lowest BCUT2D eigenvalue weighted by Crippen LogP contribution is -2.31. The molecule has 0 saturated carbocycles. The van der Waals surface area contributed by atoms with E-state index in [4.69, 9.17) is 9.47 Å². The van der Waals surface area contributed by atoms with Crippen molar-refractivity contribution in [3.63, 3.8) is 0 Å². The molecule has 0 amide bonds. The van der Waals surface area contributed by atoms with Gasteiger partial charge in [0, 0.05) is 19.3 Å². The number of nitrogens with zero attached hydrogens (tertiary/aromatic N) is 2. The highest BCUT2D eigenvalue weighted by molar-refractivity contribution is 5.51. The monoisotopic (exact) mass is 270 g/mol. The van der Waals surface area contributed by atoms with Crippen molar-refractivity contribution in [2.75, 3.05) is 25.7 Å². The standard InChI is InChI=1S/C16H18N2O2/c1-19-14-9-12-6-8-18(16-5-3-4-7-17-16)11-13(12)10-15(14)20-2/h3-5,7,9-10H,6,8,11H2,1-2H3. The Labute approximate surface area is 119 Å². The van der Waals surface area contributed by atoms with E-state index in [0.29, 0.717) is 0 Å². The minimum absolute atomic E-state index is 0.786. The van der Waals surface area contributed by atoms with Gasteiger partial charge in [-0.15, -0.1) is 0 Å². The van der Waals surface area contributed by atoms with Crippen molar-refractivity contribution in [1.82, 2.24) is 4.98 Å². The van der Waals surface area contributed by atoms with Crippen LogP contribution in [0.25, 0.3) is 0 Å². The van der Waals surface area contributed by atoms with E-state index in [-0.39, 0.29) is 0 Å². The molecule has 4 nitrogen and oxygen atoms in total. The summed E-state index contributed by atoms with van der Waals surface area (Å²) in [4.78, 5) is 6.71. The average molecular weight is 270 g/mol. The molecule has 2 heterocycles. The van der Waals surface area contributed by atoms with E-state index in [1.54, 1.807) is 14.2 Å². The maximum Gasteiger partial charge on any atom is 0.161 e. The predicted molar refractivity (Wildman–Crippen MR) is 78.5 cm³/mol. The SMILES string of the molecule is COc1cc2c(cc1OC)CN(c1ccccn1)CC2. The molecule has 20 heavy (non-hydrogen) atoms. The number of pyridine rings is 1. The number of hydrogen-bond donors (Lipinski definition) is 0. The van der Waals surface area contributed by atoms with Gasteiger partial charge in [-0.1, -0.05) is 6.07 Å². The first-order valence-corrected chi connectivity index (χ1v) is 6.71. The Morgan fingerprint density at radius 3 is 2.45 bits per heavy atom. The van der Waals surface area contributed by atoms with Gasteiger partial charge in [0.05, 0.1) is 14.2 Å². The van der Waals surface area contributed by atoms with Crippen molar-refractivity contribution >= 4 is 5.82 Å². The third-order valence-electron chi connectivity index (χ3n) is 3.69. The van der Waals surface area contributed by atoms with E-state index in [1.807, 2.05) is 24.4 Å². The van der Waals surface area contributed by atoms with Crippen molar-refractivity contribution < 1.29 is 9.47 Å². The van der Waals surface area contributed by atoms with Crippen LogP contribution in [0, 0.1) is 0 Å². The Hall–Kier alpha value is -2.23. The minimum Gasteiger partial charge on any atom is -0.493 e. The average Bonchev–Trinajstić information content (AvgIpc) is 2.53. The minimum atomic E-state index is 0.786. The highest BCUT2D eigenvalue weighted by atomic mass is 16.5. The lowest BCUT2D eigenvalue weighted by molar-refractivity contribution is 0.353. The fourth-order valence-electron chi connectivity index (χ4n) is 2.62. The summed E-state index contributed by atoms with van der Waals surface area (Å²) >= 11 is 0. The van der Waals surface area contributed by atoms with E-state index < -0.39 is 0 Å². The molecule has 104 valence electrons. The van der Waals surface area contributed by atoms with E-state index in [2.05, 4.69) is 22.0 Å². The number of fused-ring (bicyclic) bond motifs is 1. The van der Waals surface area contributed by atoms with Crippen molar-refractivity contribution in [3.05, 3.63) is 47.7 Å². The maximum atomic E-state index is 5.38. The first-order valence-electron chi connectivity index (χ1n) is 6.71. The van der Waals surface area contributed by atoms with E-state index in [1.165, 1.54) is 11.1 Å². The molecular formula is C16H18N2O2. The molecular weight excluding hydrogens is 252 g/mol. The van der Waals surface area contributed by atoms with Crippen molar-refractivity contribution in [2.24, 2.45) is 0 Å². The highest BCUT2D eigenvalue weighted by Crippen LogP contribution is 2.33. The van der Waals surface area contributed by atoms with Crippen molar-refractivity contribution in [2.45, 2.75) is 13.0 Å². The third-order valence-corrected chi connectivity index (χ3v) is 3.69. The zero-order valence-electron chi connectivity index (χ0n) is 11.8. The van der Waals surface area contributed by atoms with Crippen molar-refractivity contribution in [1.29, 1.82) is 0 Å². The molecule has 0 radical (unpaired) electrons. The van der Waals surface area contributed by atoms with Gasteiger partial charge in [0.1, 0.15) is 5.82 Å². The molecule has 0 saturated heterocycles. The second-order valence-electron chi connectivity index (χ2n) is 4.84. The van der Waals surface area contributed by atoms with Crippen LogP contribution in [0.1, 0.15) is 11.1 Å². The Morgan fingerprint density at radius 1 is 1.05 bits per heavy atom. The Bertz CT molecular complexity index is 599. The number of aromatic nitrogens is 1. The molecule has 0 spiro atoms. The van der Waals surface area contributed by atoms with E-state index in [9.17, 15) is 0 Å². The van der Waals surface area contributed by atoms with Crippen LogP contribution >= 0.6 is 0 Å². The number of ether oxygens (including phenoxy) is 2. The van der Waals surface area contributed by atoms with Crippen LogP contribution in [0.3, 0.4) is 0 Å². The molecule has 0 bridgehead atoms. The smallest absolute Gasteiger partial charge is 0.161 e. The Balaban J connectivity index is 1.91. The largest absolute Gasteiger partial charge is 0.493 e. The van der Waals surface area contributed by atoms with Gasteiger partial charge in [0.15, 0.2) is 11.5 Å². The Kier molecular flexibility index (Phi) is 3.46. The fraction of sp³-hybridized carbons (Fsp3) is 0.312. The van der Waals surface area contributed by atoms with Gasteiger partial charge in [-0.05, 0) is 41.8 Å². The summed E-state index contributed by atoms with van der Waals surface area (Å²) in [6, 6.07) is 10.2. The fourth-order valence-corrected chi connectivity index (χ4v) is 2.62. The van der Waals surface area contributed by atoms with Crippen LogP contribution in [-0.4, -0.2) is 25.7 Å². The first-order chi connectivity index (χ1) is 9.81. The topological polar surface area (TPSA) is 34.6 Å². The summed E-state index contributed by atoms with van der Waals surface area (Å²) in [7, 11) is 3.34. The van der Waals surface area contributed by atoms with Crippen LogP contribution in [0.15, 0.2) is 36.5 Å². The maximum absolute atomic E-state index is 5.38. The second-order valence-corrected chi connectivity index (χ2v) is 4.84. The Morgan fingerprint density at radius 2 is 1.80 bits per heavy atom. The quantitative estimate of drug-likeness (QED) is 0.859. The number of benzene rings is 1. The molecule has 0 aliphatic carbocycles. The molecule has 2 aromatic rings. The molecule has 0 atom stereocenters. The summed E-state index contributed by atoms with van der Waals surface area (Å²) in [6.45, 7) is 1.83. The van der Waals surface area contributed by atoms with E-state index in [0.717, 1.165) is 36.8 Å².